The number of nitrogens with one attached hydrogen (secondary N) is 1. The second-order valence-corrected chi connectivity index (χ2v) is 6.74. The summed E-state index contributed by atoms with van der Waals surface area (Å²) in [6.45, 7) is 8.56. The van der Waals surface area contributed by atoms with Gasteiger partial charge in [0, 0.05) is 19.1 Å². The van der Waals surface area contributed by atoms with Crippen LogP contribution in [0.5, 0.6) is 0 Å². The maximum absolute atomic E-state index is 12.3. The fourth-order valence-electron chi connectivity index (χ4n) is 3.41. The van der Waals surface area contributed by atoms with Crippen molar-refractivity contribution in [3.8, 4) is 0 Å². The molecule has 1 saturated carbocycles. The monoisotopic (exact) mass is 267 g/mol. The lowest BCUT2D eigenvalue weighted by Gasteiger charge is -2.29. The van der Waals surface area contributed by atoms with Gasteiger partial charge in [-0.25, -0.2) is 0 Å². The average molecular weight is 267 g/mol. The predicted octanol–water partition coefficient (Wildman–Crippen LogP) is 1.35. The van der Waals surface area contributed by atoms with E-state index in [0.29, 0.717) is 5.92 Å². The molecule has 0 radical (unpaired) electrons. The highest BCUT2D eigenvalue weighted by Gasteiger charge is 2.42. The molecule has 1 aliphatic heterocycles. The number of rotatable bonds is 5. The highest BCUT2D eigenvalue weighted by molar-refractivity contribution is 5.83. The van der Waals surface area contributed by atoms with Crippen molar-refractivity contribution in [2.75, 3.05) is 26.2 Å². The van der Waals surface area contributed by atoms with Crippen molar-refractivity contribution >= 4 is 5.91 Å². The van der Waals surface area contributed by atoms with Crippen molar-refractivity contribution < 1.29 is 4.79 Å². The third-order valence-electron chi connectivity index (χ3n) is 4.93. The van der Waals surface area contributed by atoms with Crippen molar-refractivity contribution in [3.05, 3.63) is 0 Å². The van der Waals surface area contributed by atoms with Crippen molar-refractivity contribution in [1.82, 2.24) is 10.2 Å². The fourth-order valence-corrected chi connectivity index (χ4v) is 3.41. The molecule has 3 atom stereocenters. The number of amides is 1. The van der Waals surface area contributed by atoms with Gasteiger partial charge in [0.25, 0.3) is 0 Å². The molecule has 1 aliphatic carbocycles. The Balaban J connectivity index is 1.73. The first-order valence-corrected chi connectivity index (χ1v) is 7.78. The van der Waals surface area contributed by atoms with Gasteiger partial charge < -0.3 is 16.0 Å². The highest BCUT2D eigenvalue weighted by Crippen LogP contribution is 2.36. The number of carbonyl (C=O) groups is 1. The average Bonchev–Trinajstić information content (AvgIpc) is 2.98. The summed E-state index contributed by atoms with van der Waals surface area (Å²) in [5.41, 5.74) is 5.74. The normalized spacial score (nSPS) is 33.5. The van der Waals surface area contributed by atoms with E-state index in [9.17, 15) is 4.79 Å². The summed E-state index contributed by atoms with van der Waals surface area (Å²) in [6, 6.07) is 0.0291. The van der Waals surface area contributed by atoms with Gasteiger partial charge in [-0.2, -0.15) is 0 Å². The summed E-state index contributed by atoms with van der Waals surface area (Å²) < 4.78 is 0. The van der Waals surface area contributed by atoms with Crippen molar-refractivity contribution in [3.63, 3.8) is 0 Å². The van der Waals surface area contributed by atoms with Crippen LogP contribution in [0.2, 0.25) is 0 Å². The number of nitrogens with zero attached hydrogens (tertiary/aromatic N) is 1. The summed E-state index contributed by atoms with van der Waals surface area (Å²) in [4.78, 5) is 14.8. The Morgan fingerprint density at radius 2 is 2.11 bits per heavy atom. The van der Waals surface area contributed by atoms with Crippen LogP contribution in [0.1, 0.15) is 46.0 Å². The third-order valence-corrected chi connectivity index (χ3v) is 4.93. The number of nitrogens with two attached hydrogens (primary N) is 1. The number of hydrogen-bond donors (Lipinski definition) is 2. The van der Waals surface area contributed by atoms with Crippen LogP contribution >= 0.6 is 0 Å². The Kier molecular flexibility index (Phi) is 4.85. The van der Waals surface area contributed by atoms with Gasteiger partial charge in [-0.1, -0.05) is 13.3 Å². The zero-order valence-corrected chi connectivity index (χ0v) is 12.5. The van der Waals surface area contributed by atoms with E-state index in [1.807, 2.05) is 6.92 Å². The molecule has 4 heteroatoms. The molecular formula is C15H29N3O. The van der Waals surface area contributed by atoms with Gasteiger partial charge in [-0.05, 0) is 51.6 Å². The number of carbonyl (C=O) groups excluding carboxylic acids is 1. The Morgan fingerprint density at radius 3 is 2.68 bits per heavy atom. The van der Waals surface area contributed by atoms with Crippen LogP contribution in [-0.4, -0.2) is 43.0 Å². The van der Waals surface area contributed by atoms with E-state index in [2.05, 4.69) is 17.1 Å². The third kappa shape index (κ3) is 3.48. The summed E-state index contributed by atoms with van der Waals surface area (Å²) in [6.07, 6.45) is 5.64. The maximum Gasteiger partial charge on any atom is 0.227 e. The Hall–Kier alpha value is -0.610. The molecule has 1 amide bonds. The van der Waals surface area contributed by atoms with Crippen LogP contribution in [0.4, 0.5) is 0 Å². The van der Waals surface area contributed by atoms with Crippen molar-refractivity contribution in [2.24, 2.45) is 17.1 Å². The first kappa shape index (κ1) is 14.8. The molecule has 4 nitrogen and oxygen atoms in total. The zero-order chi connectivity index (χ0) is 13.9. The van der Waals surface area contributed by atoms with E-state index < -0.39 is 0 Å². The summed E-state index contributed by atoms with van der Waals surface area (Å²) in [5, 5.41) is 3.12. The van der Waals surface area contributed by atoms with Crippen LogP contribution in [0.25, 0.3) is 0 Å². The van der Waals surface area contributed by atoms with Crippen LogP contribution in [0, 0.1) is 11.3 Å². The largest absolute Gasteiger partial charge is 0.355 e. The maximum atomic E-state index is 12.3. The van der Waals surface area contributed by atoms with Crippen LogP contribution in [-0.2, 0) is 4.79 Å². The van der Waals surface area contributed by atoms with Crippen LogP contribution < -0.4 is 11.1 Å². The van der Waals surface area contributed by atoms with E-state index in [1.54, 1.807) is 0 Å². The van der Waals surface area contributed by atoms with Gasteiger partial charge in [-0.3, -0.25) is 4.79 Å². The highest BCUT2D eigenvalue weighted by atomic mass is 16.2. The van der Waals surface area contributed by atoms with E-state index in [4.69, 9.17) is 5.73 Å². The van der Waals surface area contributed by atoms with Crippen molar-refractivity contribution in [1.29, 1.82) is 0 Å². The summed E-state index contributed by atoms with van der Waals surface area (Å²) in [5.74, 6) is 0.675. The molecule has 110 valence electrons. The molecule has 1 heterocycles. The molecule has 2 aliphatic rings. The Morgan fingerprint density at radius 1 is 1.42 bits per heavy atom. The van der Waals surface area contributed by atoms with Gasteiger partial charge in [-0.15, -0.1) is 0 Å². The molecule has 0 aromatic heterocycles. The van der Waals surface area contributed by atoms with E-state index >= 15 is 0 Å². The molecule has 0 spiro atoms. The Labute approximate surface area is 117 Å². The minimum absolute atomic E-state index is 0.0291. The number of likely N-dealkylation sites (tertiary alicyclic amines) is 1. The van der Waals surface area contributed by atoms with Crippen LogP contribution in [0.15, 0.2) is 0 Å². The lowest BCUT2D eigenvalue weighted by molar-refractivity contribution is -0.130. The molecule has 3 N–H and O–H groups in total. The molecule has 0 aromatic carbocycles. The van der Waals surface area contributed by atoms with Gasteiger partial charge in [0.15, 0.2) is 0 Å². The minimum atomic E-state index is -0.340. The summed E-state index contributed by atoms with van der Waals surface area (Å²) >= 11 is 0. The number of hydrogen-bond acceptors (Lipinski definition) is 3. The molecule has 19 heavy (non-hydrogen) atoms. The SMILES string of the molecule is CC(CNC(=O)C1(C)CCCC1N)CN1CCCC1. The lowest BCUT2D eigenvalue weighted by atomic mass is 9.84. The minimum Gasteiger partial charge on any atom is -0.355 e. The first-order valence-electron chi connectivity index (χ1n) is 7.78. The van der Waals surface area contributed by atoms with Gasteiger partial charge in [0.1, 0.15) is 0 Å². The summed E-state index contributed by atoms with van der Waals surface area (Å²) in [7, 11) is 0. The van der Waals surface area contributed by atoms with Crippen molar-refractivity contribution in [2.45, 2.75) is 52.0 Å². The second kappa shape index (κ2) is 6.23. The fraction of sp³-hybridized carbons (Fsp3) is 0.933. The molecule has 3 unspecified atom stereocenters. The lowest BCUT2D eigenvalue weighted by Crippen LogP contribution is -2.48. The molecule has 0 aromatic rings. The van der Waals surface area contributed by atoms with Gasteiger partial charge >= 0.3 is 0 Å². The second-order valence-electron chi connectivity index (χ2n) is 6.74. The zero-order valence-electron chi connectivity index (χ0n) is 12.5. The van der Waals surface area contributed by atoms with Gasteiger partial charge in [0.05, 0.1) is 5.41 Å². The van der Waals surface area contributed by atoms with Gasteiger partial charge in [0.2, 0.25) is 5.91 Å². The van der Waals surface area contributed by atoms with Crippen LogP contribution in [0.3, 0.4) is 0 Å². The molecule has 1 saturated heterocycles. The predicted molar refractivity (Wildman–Crippen MR) is 77.8 cm³/mol. The van der Waals surface area contributed by atoms with E-state index in [1.165, 1.54) is 25.9 Å². The van der Waals surface area contributed by atoms with E-state index in [-0.39, 0.29) is 17.4 Å². The topological polar surface area (TPSA) is 58.4 Å². The molecule has 0 bridgehead atoms. The Bertz CT molecular complexity index is 315. The molecule has 2 rings (SSSR count). The quantitative estimate of drug-likeness (QED) is 0.790. The molecule has 2 fully saturated rings. The standard InChI is InChI=1S/C15H29N3O/c1-12(11-18-8-3-4-9-18)10-17-14(19)15(2)7-5-6-13(15)16/h12-13H,3-11,16H2,1-2H3,(H,17,19). The smallest absolute Gasteiger partial charge is 0.227 e. The first-order chi connectivity index (χ1) is 9.02. The molecular weight excluding hydrogens is 238 g/mol. The van der Waals surface area contributed by atoms with E-state index in [0.717, 1.165) is 32.4 Å².